The highest BCUT2D eigenvalue weighted by atomic mass is 35.5. The summed E-state index contributed by atoms with van der Waals surface area (Å²) >= 11 is 5.91. The lowest BCUT2D eigenvalue weighted by Crippen LogP contribution is -2.03. The van der Waals surface area contributed by atoms with Gasteiger partial charge in [0.15, 0.2) is 0 Å². The maximum atomic E-state index is 11.9. The summed E-state index contributed by atoms with van der Waals surface area (Å²) in [5, 5.41) is 0.673. The van der Waals surface area contributed by atoms with Gasteiger partial charge in [0.25, 0.3) is 0 Å². The highest BCUT2D eigenvalue weighted by Gasteiger charge is 2.29. The monoisotopic (exact) mass is 273 g/mol. The van der Waals surface area contributed by atoms with Crippen LogP contribution in [0.1, 0.15) is 27.3 Å². The van der Waals surface area contributed by atoms with Gasteiger partial charge in [-0.15, -0.1) is 0 Å². The second-order valence-electron chi connectivity index (χ2n) is 4.60. The van der Waals surface area contributed by atoms with E-state index >= 15 is 0 Å². The number of hydrogen-bond acceptors (Lipinski definition) is 3. The van der Waals surface area contributed by atoms with Gasteiger partial charge in [-0.1, -0.05) is 23.7 Å². The fourth-order valence-corrected chi connectivity index (χ4v) is 2.49. The molecule has 0 saturated carbocycles. The molecule has 4 heteroatoms. The number of aromatic nitrogens is 1. The molecule has 0 bridgehead atoms. The fourth-order valence-electron chi connectivity index (χ4n) is 2.36. The molecule has 0 atom stereocenters. The zero-order chi connectivity index (χ0) is 13.6. The van der Waals surface area contributed by atoms with Gasteiger partial charge < -0.3 is 4.74 Å². The molecule has 96 valence electrons. The maximum Gasteiger partial charge on any atom is 0.341 e. The van der Waals surface area contributed by atoms with Crippen molar-refractivity contribution in [1.29, 1.82) is 0 Å². The molecule has 1 aliphatic rings. The lowest BCUT2D eigenvalue weighted by molar-refractivity contribution is 0.0533. The Morgan fingerprint density at radius 2 is 1.84 bits per heavy atom. The number of hydrogen-bond donors (Lipinski definition) is 0. The third-order valence-electron chi connectivity index (χ3n) is 3.44. The predicted octanol–water partition coefficient (Wildman–Crippen LogP) is 3.69. The van der Waals surface area contributed by atoms with Gasteiger partial charge in [-0.25, -0.2) is 4.79 Å². The van der Waals surface area contributed by atoms with Crippen LogP contribution in [0.15, 0.2) is 24.3 Å². The van der Waals surface area contributed by atoms with Crippen molar-refractivity contribution in [2.75, 3.05) is 0 Å². The van der Waals surface area contributed by atoms with E-state index in [9.17, 15) is 4.79 Å². The van der Waals surface area contributed by atoms with Crippen molar-refractivity contribution in [1.82, 2.24) is 4.98 Å². The molecule has 3 rings (SSSR count). The number of carbonyl (C=O) groups excluding carboxylic acids is 1. The first-order chi connectivity index (χ1) is 9.08. The Labute approximate surface area is 116 Å². The van der Waals surface area contributed by atoms with E-state index in [-0.39, 0.29) is 12.6 Å². The van der Waals surface area contributed by atoms with Crippen molar-refractivity contribution in [3.05, 3.63) is 51.8 Å². The average molecular weight is 274 g/mol. The number of rotatable bonds is 1. The van der Waals surface area contributed by atoms with Crippen molar-refractivity contribution in [2.24, 2.45) is 0 Å². The maximum absolute atomic E-state index is 11.9. The zero-order valence-electron chi connectivity index (χ0n) is 10.7. The van der Waals surface area contributed by atoms with Gasteiger partial charge in [0.2, 0.25) is 0 Å². The normalized spacial score (nSPS) is 13.3. The van der Waals surface area contributed by atoms with Crippen LogP contribution in [0.2, 0.25) is 5.02 Å². The van der Waals surface area contributed by atoms with Crippen molar-refractivity contribution < 1.29 is 9.53 Å². The summed E-state index contributed by atoms with van der Waals surface area (Å²) in [6.45, 7) is 4.17. The molecule has 0 aliphatic carbocycles. The molecule has 1 aromatic carbocycles. The predicted molar refractivity (Wildman–Crippen MR) is 73.3 cm³/mol. The molecule has 19 heavy (non-hydrogen) atoms. The van der Waals surface area contributed by atoms with E-state index in [0.717, 1.165) is 28.1 Å². The minimum absolute atomic E-state index is 0.260. The highest BCUT2D eigenvalue weighted by molar-refractivity contribution is 6.30. The van der Waals surface area contributed by atoms with E-state index < -0.39 is 0 Å². The molecule has 2 aromatic rings. The molecule has 1 aromatic heterocycles. The largest absolute Gasteiger partial charge is 0.455 e. The van der Waals surface area contributed by atoms with E-state index in [1.807, 2.05) is 38.1 Å². The van der Waals surface area contributed by atoms with Crippen LogP contribution in [-0.4, -0.2) is 11.0 Å². The van der Waals surface area contributed by atoms with Crippen molar-refractivity contribution in [2.45, 2.75) is 20.5 Å². The molecule has 0 saturated heterocycles. The lowest BCUT2D eigenvalue weighted by Gasteiger charge is -2.12. The third-order valence-corrected chi connectivity index (χ3v) is 3.69. The van der Waals surface area contributed by atoms with Gasteiger partial charge >= 0.3 is 5.97 Å². The average Bonchev–Trinajstić information content (AvgIpc) is 2.74. The smallest absolute Gasteiger partial charge is 0.341 e. The molecule has 0 spiro atoms. The summed E-state index contributed by atoms with van der Waals surface area (Å²) in [5.74, 6) is -0.296. The number of benzene rings is 1. The molecule has 0 unspecified atom stereocenters. The Morgan fingerprint density at radius 1 is 1.16 bits per heavy atom. The van der Waals surface area contributed by atoms with Gasteiger partial charge in [0.05, 0.1) is 11.3 Å². The molecule has 2 heterocycles. The first-order valence-electron chi connectivity index (χ1n) is 6.01. The van der Waals surface area contributed by atoms with Gasteiger partial charge in [-0.05, 0) is 37.1 Å². The number of ether oxygens (including phenoxy) is 1. The number of cyclic esters (lactones) is 1. The highest BCUT2D eigenvalue weighted by Crippen LogP contribution is 2.34. The Hall–Kier alpha value is -1.87. The van der Waals surface area contributed by atoms with Gasteiger partial charge in [-0.2, -0.15) is 0 Å². The zero-order valence-corrected chi connectivity index (χ0v) is 11.4. The Bertz CT molecular complexity index is 678. The van der Waals surface area contributed by atoms with Crippen LogP contribution >= 0.6 is 11.6 Å². The molecular formula is C15H12ClNO2. The second-order valence-corrected chi connectivity index (χ2v) is 5.04. The van der Waals surface area contributed by atoms with Crippen molar-refractivity contribution in [3.8, 4) is 11.1 Å². The van der Waals surface area contributed by atoms with E-state index in [1.54, 1.807) is 0 Å². The first-order valence-corrected chi connectivity index (χ1v) is 6.39. The van der Waals surface area contributed by atoms with E-state index in [1.165, 1.54) is 0 Å². The summed E-state index contributed by atoms with van der Waals surface area (Å²) in [7, 11) is 0. The van der Waals surface area contributed by atoms with Crippen molar-refractivity contribution in [3.63, 3.8) is 0 Å². The van der Waals surface area contributed by atoms with Crippen LogP contribution in [-0.2, 0) is 11.3 Å². The summed E-state index contributed by atoms with van der Waals surface area (Å²) in [4.78, 5) is 16.3. The fraction of sp³-hybridized carbons (Fsp3) is 0.200. The second kappa shape index (κ2) is 4.35. The Balaban J connectivity index is 2.31. The first kappa shape index (κ1) is 12.2. The molecule has 0 radical (unpaired) electrons. The summed E-state index contributed by atoms with van der Waals surface area (Å²) in [6.07, 6.45) is 0. The lowest BCUT2D eigenvalue weighted by atomic mass is 9.94. The standard InChI is InChI=1S/C15H12ClNO2/c1-8-9(2)17-12-7-19-15(18)14(12)13(8)10-3-5-11(16)6-4-10/h3-6H,7H2,1-2H3. The Kier molecular flexibility index (Phi) is 2.79. The molecule has 1 aliphatic heterocycles. The molecular weight excluding hydrogens is 262 g/mol. The van der Waals surface area contributed by atoms with Gasteiger partial charge in [0, 0.05) is 16.3 Å². The van der Waals surface area contributed by atoms with Crippen molar-refractivity contribution >= 4 is 17.6 Å². The number of halogens is 1. The number of nitrogens with zero attached hydrogens (tertiary/aromatic N) is 1. The van der Waals surface area contributed by atoms with Crippen LogP contribution in [0.25, 0.3) is 11.1 Å². The molecule has 3 nitrogen and oxygen atoms in total. The van der Waals surface area contributed by atoms with Gasteiger partial charge in [0.1, 0.15) is 6.61 Å². The minimum Gasteiger partial charge on any atom is -0.455 e. The molecule has 0 fully saturated rings. The summed E-state index contributed by atoms with van der Waals surface area (Å²) < 4.78 is 5.09. The van der Waals surface area contributed by atoms with Crippen LogP contribution in [0.5, 0.6) is 0 Å². The van der Waals surface area contributed by atoms with E-state index in [0.29, 0.717) is 10.6 Å². The van der Waals surface area contributed by atoms with Crippen LogP contribution in [0.3, 0.4) is 0 Å². The Morgan fingerprint density at radius 3 is 2.53 bits per heavy atom. The summed E-state index contributed by atoms with van der Waals surface area (Å²) in [5.41, 5.74) is 5.09. The topological polar surface area (TPSA) is 39.2 Å². The number of esters is 1. The van der Waals surface area contributed by atoms with Gasteiger partial charge in [-0.3, -0.25) is 4.98 Å². The number of pyridine rings is 1. The molecule has 0 amide bonds. The van der Waals surface area contributed by atoms with E-state index in [2.05, 4.69) is 4.98 Å². The number of carbonyl (C=O) groups is 1. The quantitative estimate of drug-likeness (QED) is 0.744. The third kappa shape index (κ3) is 1.90. The van der Waals surface area contributed by atoms with Crippen LogP contribution in [0, 0.1) is 13.8 Å². The van der Waals surface area contributed by atoms with Crippen LogP contribution < -0.4 is 0 Å². The minimum atomic E-state index is -0.296. The van der Waals surface area contributed by atoms with E-state index in [4.69, 9.17) is 16.3 Å². The SMILES string of the molecule is Cc1nc2c(c(-c3ccc(Cl)cc3)c1C)C(=O)OC2. The number of fused-ring (bicyclic) bond motifs is 1. The molecule has 0 N–H and O–H groups in total. The van der Waals surface area contributed by atoms with Crippen LogP contribution in [0.4, 0.5) is 0 Å². The number of aryl methyl sites for hydroxylation is 1. The summed E-state index contributed by atoms with van der Waals surface area (Å²) in [6, 6.07) is 7.46.